The van der Waals surface area contributed by atoms with E-state index in [9.17, 15) is 18.0 Å². The van der Waals surface area contributed by atoms with Gasteiger partial charge in [-0.2, -0.15) is 0 Å². The number of benzene rings is 4. The second-order valence-electron chi connectivity index (χ2n) is 8.56. The number of aryl methyl sites for hydroxylation is 1. The highest BCUT2D eigenvalue weighted by Crippen LogP contribution is 2.25. The fourth-order valence-electron chi connectivity index (χ4n) is 3.74. The van der Waals surface area contributed by atoms with Gasteiger partial charge in [-0.05, 0) is 61.0 Å². The molecular formula is C29H26ClN3O4S. The number of rotatable bonds is 9. The van der Waals surface area contributed by atoms with Crippen LogP contribution in [-0.2, 0) is 21.4 Å². The Morgan fingerprint density at radius 3 is 2.13 bits per heavy atom. The summed E-state index contributed by atoms with van der Waals surface area (Å²) in [6.45, 7) is 1.70. The molecule has 4 aromatic carbocycles. The van der Waals surface area contributed by atoms with Crippen LogP contribution < -0.4 is 14.9 Å². The number of para-hydroxylation sites is 1. The van der Waals surface area contributed by atoms with Crippen molar-refractivity contribution in [1.82, 2.24) is 5.32 Å². The first-order valence-corrected chi connectivity index (χ1v) is 13.6. The fraction of sp³-hybridized carbons (Fsp3) is 0.103. The number of carbonyl (C=O) groups is 2. The van der Waals surface area contributed by atoms with E-state index in [1.54, 1.807) is 48.5 Å². The summed E-state index contributed by atoms with van der Waals surface area (Å²) in [6.07, 6.45) is 0. The molecule has 0 saturated heterocycles. The van der Waals surface area contributed by atoms with Crippen molar-refractivity contribution in [3.8, 4) is 0 Å². The summed E-state index contributed by atoms with van der Waals surface area (Å²) in [5.74, 6) is -0.972. The molecule has 0 aliphatic heterocycles. The van der Waals surface area contributed by atoms with Gasteiger partial charge in [0.05, 0.1) is 21.8 Å². The summed E-state index contributed by atoms with van der Waals surface area (Å²) in [5.41, 5.74) is 2.74. The minimum Gasteiger partial charge on any atom is -0.348 e. The largest absolute Gasteiger partial charge is 0.348 e. The normalized spacial score (nSPS) is 11.0. The molecule has 0 unspecified atom stereocenters. The molecule has 7 nitrogen and oxygen atoms in total. The number of nitrogens with one attached hydrogen (secondary N) is 2. The molecule has 0 aromatic heterocycles. The molecule has 0 heterocycles. The SMILES string of the molecule is Cc1ccc(N(CC(=O)Nc2ccccc2C(=O)NCc2ccccc2)S(=O)(=O)c2ccc(Cl)cc2)cc1. The molecule has 4 rings (SSSR count). The van der Waals surface area contributed by atoms with Gasteiger partial charge in [0.1, 0.15) is 6.54 Å². The monoisotopic (exact) mass is 547 g/mol. The van der Waals surface area contributed by atoms with E-state index in [-0.39, 0.29) is 22.1 Å². The Hall–Kier alpha value is -4.14. The lowest BCUT2D eigenvalue weighted by Crippen LogP contribution is -2.38. The minimum atomic E-state index is -4.10. The third kappa shape index (κ3) is 6.59. The Morgan fingerprint density at radius 2 is 1.45 bits per heavy atom. The van der Waals surface area contributed by atoms with Gasteiger partial charge in [0.25, 0.3) is 15.9 Å². The number of sulfonamides is 1. The lowest BCUT2D eigenvalue weighted by molar-refractivity contribution is -0.114. The number of nitrogens with zero attached hydrogens (tertiary/aromatic N) is 1. The highest BCUT2D eigenvalue weighted by Gasteiger charge is 2.27. The van der Waals surface area contributed by atoms with Gasteiger partial charge in [0.2, 0.25) is 5.91 Å². The number of hydrogen-bond donors (Lipinski definition) is 2. The van der Waals surface area contributed by atoms with Crippen molar-refractivity contribution in [2.45, 2.75) is 18.4 Å². The molecule has 38 heavy (non-hydrogen) atoms. The highest BCUT2D eigenvalue weighted by molar-refractivity contribution is 7.92. The van der Waals surface area contributed by atoms with Crippen LogP contribution in [0.15, 0.2) is 108 Å². The maximum atomic E-state index is 13.6. The van der Waals surface area contributed by atoms with Crippen molar-refractivity contribution in [2.24, 2.45) is 0 Å². The van der Waals surface area contributed by atoms with Crippen LogP contribution in [0.3, 0.4) is 0 Å². The van der Waals surface area contributed by atoms with Crippen LogP contribution in [0.1, 0.15) is 21.5 Å². The van der Waals surface area contributed by atoms with E-state index < -0.39 is 22.5 Å². The number of halogens is 1. The van der Waals surface area contributed by atoms with Crippen LogP contribution in [0.4, 0.5) is 11.4 Å². The number of carbonyl (C=O) groups excluding carboxylic acids is 2. The van der Waals surface area contributed by atoms with E-state index in [4.69, 9.17) is 11.6 Å². The number of anilines is 2. The zero-order valence-corrected chi connectivity index (χ0v) is 22.2. The quantitative estimate of drug-likeness (QED) is 0.293. The summed E-state index contributed by atoms with van der Waals surface area (Å²) in [7, 11) is -4.10. The van der Waals surface area contributed by atoms with Crippen LogP contribution in [0.25, 0.3) is 0 Å². The van der Waals surface area contributed by atoms with Gasteiger partial charge in [0, 0.05) is 11.6 Å². The van der Waals surface area contributed by atoms with Crippen LogP contribution in [0, 0.1) is 6.92 Å². The third-order valence-electron chi connectivity index (χ3n) is 5.75. The highest BCUT2D eigenvalue weighted by atomic mass is 35.5. The van der Waals surface area contributed by atoms with Gasteiger partial charge in [-0.15, -0.1) is 0 Å². The Balaban J connectivity index is 1.56. The standard InChI is InChI=1S/C29H26ClN3O4S/c1-21-11-15-24(16-12-21)33(38(36,37)25-17-13-23(30)14-18-25)20-28(34)32-27-10-6-5-9-26(27)29(35)31-19-22-7-3-2-4-8-22/h2-18H,19-20H2,1H3,(H,31,35)(H,32,34). The molecule has 0 fully saturated rings. The summed E-state index contributed by atoms with van der Waals surface area (Å²) in [6, 6.07) is 28.6. The zero-order chi connectivity index (χ0) is 27.1. The lowest BCUT2D eigenvalue weighted by atomic mass is 10.1. The van der Waals surface area contributed by atoms with Crippen molar-refractivity contribution >= 4 is 44.8 Å². The Labute approximate surface area is 227 Å². The molecule has 0 bridgehead atoms. The third-order valence-corrected chi connectivity index (χ3v) is 7.79. The average molecular weight is 548 g/mol. The average Bonchev–Trinajstić information content (AvgIpc) is 2.92. The number of amides is 2. The Kier molecular flexibility index (Phi) is 8.45. The maximum Gasteiger partial charge on any atom is 0.264 e. The predicted molar refractivity (Wildman–Crippen MR) is 150 cm³/mol. The van der Waals surface area contributed by atoms with Gasteiger partial charge < -0.3 is 10.6 Å². The molecule has 2 amide bonds. The number of hydrogen-bond acceptors (Lipinski definition) is 4. The molecule has 0 atom stereocenters. The molecule has 9 heteroatoms. The molecule has 0 saturated carbocycles. The summed E-state index contributed by atoms with van der Waals surface area (Å²) < 4.78 is 28.1. The Bertz CT molecular complexity index is 1520. The predicted octanol–water partition coefficient (Wildman–Crippen LogP) is 5.41. The van der Waals surface area contributed by atoms with Crippen molar-refractivity contribution in [2.75, 3.05) is 16.2 Å². The van der Waals surface area contributed by atoms with Crippen LogP contribution >= 0.6 is 11.6 Å². The topological polar surface area (TPSA) is 95.6 Å². The van der Waals surface area contributed by atoms with Crippen LogP contribution in [0.2, 0.25) is 5.02 Å². The van der Waals surface area contributed by atoms with Gasteiger partial charge in [-0.1, -0.05) is 71.8 Å². The minimum absolute atomic E-state index is 0.00374. The van der Waals surface area contributed by atoms with Gasteiger partial charge in [0.15, 0.2) is 0 Å². The van der Waals surface area contributed by atoms with E-state index in [1.807, 2.05) is 37.3 Å². The second kappa shape index (κ2) is 11.9. The lowest BCUT2D eigenvalue weighted by Gasteiger charge is -2.24. The first-order valence-electron chi connectivity index (χ1n) is 11.8. The van der Waals surface area contributed by atoms with Crippen LogP contribution in [0.5, 0.6) is 0 Å². The Morgan fingerprint density at radius 1 is 0.816 bits per heavy atom. The fourth-order valence-corrected chi connectivity index (χ4v) is 5.29. The molecule has 0 aliphatic carbocycles. The van der Waals surface area contributed by atoms with Crippen molar-refractivity contribution in [3.63, 3.8) is 0 Å². The summed E-state index contributed by atoms with van der Waals surface area (Å²) in [5, 5.41) is 5.94. The first-order chi connectivity index (χ1) is 18.2. The van der Waals surface area contributed by atoms with E-state index in [0.29, 0.717) is 17.3 Å². The molecule has 0 aliphatic rings. The van der Waals surface area contributed by atoms with Crippen molar-refractivity contribution < 1.29 is 18.0 Å². The molecule has 2 N–H and O–H groups in total. The van der Waals surface area contributed by atoms with Gasteiger partial charge in [-0.25, -0.2) is 8.42 Å². The first kappa shape index (κ1) is 26.9. The maximum absolute atomic E-state index is 13.6. The molecule has 0 radical (unpaired) electrons. The van der Waals surface area contributed by atoms with Crippen molar-refractivity contribution in [1.29, 1.82) is 0 Å². The van der Waals surface area contributed by atoms with E-state index in [0.717, 1.165) is 15.4 Å². The van der Waals surface area contributed by atoms with Gasteiger partial charge in [-0.3, -0.25) is 13.9 Å². The van der Waals surface area contributed by atoms with Gasteiger partial charge >= 0.3 is 0 Å². The second-order valence-corrected chi connectivity index (χ2v) is 10.9. The van der Waals surface area contributed by atoms with Crippen molar-refractivity contribution in [3.05, 3.63) is 125 Å². The van der Waals surface area contributed by atoms with Crippen LogP contribution in [-0.4, -0.2) is 26.8 Å². The smallest absolute Gasteiger partial charge is 0.264 e. The van der Waals surface area contributed by atoms with E-state index in [1.165, 1.54) is 24.3 Å². The molecule has 0 spiro atoms. The summed E-state index contributed by atoms with van der Waals surface area (Å²) in [4.78, 5) is 26.1. The van der Waals surface area contributed by atoms with E-state index in [2.05, 4.69) is 10.6 Å². The summed E-state index contributed by atoms with van der Waals surface area (Å²) >= 11 is 5.94. The zero-order valence-electron chi connectivity index (χ0n) is 20.6. The van der Waals surface area contributed by atoms with E-state index >= 15 is 0 Å². The molecule has 4 aromatic rings. The molecule has 194 valence electrons. The molecular weight excluding hydrogens is 522 g/mol.